The van der Waals surface area contributed by atoms with Crippen LogP contribution in [0.2, 0.25) is 0 Å². The Balaban J connectivity index is 1.65. The highest BCUT2D eigenvalue weighted by Crippen LogP contribution is 2.13. The minimum absolute atomic E-state index is 0.274. The molecule has 6 heteroatoms. The minimum atomic E-state index is -0.355. The zero-order valence-corrected chi connectivity index (χ0v) is 12.7. The smallest absolute Gasteiger partial charge is 0.274 e. The molecule has 0 saturated heterocycles. The lowest BCUT2D eigenvalue weighted by atomic mass is 10.2. The lowest BCUT2D eigenvalue weighted by Crippen LogP contribution is -2.14. The summed E-state index contributed by atoms with van der Waals surface area (Å²) < 4.78 is 12.9. The number of benzene rings is 1. The van der Waals surface area contributed by atoms with Gasteiger partial charge >= 0.3 is 0 Å². The van der Waals surface area contributed by atoms with Gasteiger partial charge in [0.25, 0.3) is 5.91 Å². The van der Waals surface area contributed by atoms with E-state index in [-0.39, 0.29) is 17.4 Å². The number of carbonyl (C=O) groups excluding carboxylic acids is 1. The van der Waals surface area contributed by atoms with Gasteiger partial charge < -0.3 is 10.6 Å². The fraction of sp³-hybridized carbons (Fsp3) is 0.0556. The second-order valence-electron chi connectivity index (χ2n) is 5.11. The van der Waals surface area contributed by atoms with E-state index in [1.165, 1.54) is 24.3 Å². The van der Waals surface area contributed by atoms with Gasteiger partial charge in [0.05, 0.1) is 0 Å². The van der Waals surface area contributed by atoms with Crippen LogP contribution in [0.1, 0.15) is 16.1 Å². The van der Waals surface area contributed by atoms with E-state index in [1.54, 1.807) is 30.7 Å². The molecule has 3 aromatic rings. The first-order valence-corrected chi connectivity index (χ1v) is 7.36. The highest BCUT2D eigenvalue weighted by Gasteiger charge is 2.08. The van der Waals surface area contributed by atoms with Gasteiger partial charge in [-0.1, -0.05) is 6.07 Å². The van der Waals surface area contributed by atoms with Crippen molar-refractivity contribution in [3.05, 3.63) is 84.2 Å². The molecule has 0 aliphatic heterocycles. The fourth-order valence-electron chi connectivity index (χ4n) is 2.10. The van der Waals surface area contributed by atoms with E-state index in [2.05, 4.69) is 20.6 Å². The summed E-state index contributed by atoms with van der Waals surface area (Å²) in [5.41, 5.74) is 2.59. The van der Waals surface area contributed by atoms with Crippen molar-refractivity contribution in [1.82, 2.24) is 9.97 Å². The summed E-state index contributed by atoms with van der Waals surface area (Å²) in [6.07, 6.45) is 5.05. The first-order chi connectivity index (χ1) is 11.7. The van der Waals surface area contributed by atoms with E-state index in [1.807, 2.05) is 12.1 Å². The van der Waals surface area contributed by atoms with Crippen LogP contribution in [0.25, 0.3) is 0 Å². The van der Waals surface area contributed by atoms with Crippen LogP contribution < -0.4 is 10.6 Å². The Labute approximate surface area is 138 Å². The second kappa shape index (κ2) is 7.32. The summed E-state index contributed by atoms with van der Waals surface area (Å²) in [5, 5.41) is 5.90. The number of amides is 1. The molecule has 0 aliphatic carbocycles. The maximum absolute atomic E-state index is 12.9. The standard InChI is InChI=1S/C18H15FN4O/c19-14-3-5-15(6-4-14)23-18(24)17-10-16(7-9-21-17)22-12-13-2-1-8-20-11-13/h1-11H,12H2,(H,21,22)(H,23,24). The van der Waals surface area contributed by atoms with Crippen LogP contribution in [0, 0.1) is 5.82 Å². The lowest BCUT2D eigenvalue weighted by Gasteiger charge is -2.08. The minimum Gasteiger partial charge on any atom is -0.381 e. The molecule has 1 aromatic carbocycles. The molecule has 0 aliphatic rings. The Morgan fingerprint density at radius 3 is 2.62 bits per heavy atom. The molecule has 0 radical (unpaired) electrons. The molecule has 2 N–H and O–H groups in total. The van der Waals surface area contributed by atoms with Crippen LogP contribution in [-0.4, -0.2) is 15.9 Å². The van der Waals surface area contributed by atoms with Crippen LogP contribution in [0.3, 0.4) is 0 Å². The molecule has 0 bridgehead atoms. The number of rotatable bonds is 5. The molecular weight excluding hydrogens is 307 g/mol. The molecular formula is C18H15FN4O. The van der Waals surface area contributed by atoms with Gasteiger partial charge in [-0.2, -0.15) is 0 Å². The maximum Gasteiger partial charge on any atom is 0.274 e. The van der Waals surface area contributed by atoms with Crippen molar-refractivity contribution >= 4 is 17.3 Å². The number of hydrogen-bond donors (Lipinski definition) is 2. The van der Waals surface area contributed by atoms with Crippen molar-refractivity contribution in [3.63, 3.8) is 0 Å². The lowest BCUT2D eigenvalue weighted by molar-refractivity contribution is 0.102. The van der Waals surface area contributed by atoms with Gasteiger partial charge in [-0.3, -0.25) is 14.8 Å². The Morgan fingerprint density at radius 2 is 1.88 bits per heavy atom. The van der Waals surface area contributed by atoms with Crippen LogP contribution in [0.15, 0.2) is 67.1 Å². The first kappa shape index (κ1) is 15.6. The Hall–Kier alpha value is -3.28. The van der Waals surface area contributed by atoms with Crippen molar-refractivity contribution in [1.29, 1.82) is 0 Å². The summed E-state index contributed by atoms with van der Waals surface area (Å²) in [6, 6.07) is 12.8. The third kappa shape index (κ3) is 4.13. The Morgan fingerprint density at radius 1 is 1.04 bits per heavy atom. The highest BCUT2D eigenvalue weighted by atomic mass is 19.1. The molecule has 2 aromatic heterocycles. The summed E-state index contributed by atoms with van der Waals surface area (Å²) >= 11 is 0. The second-order valence-corrected chi connectivity index (χ2v) is 5.11. The van der Waals surface area contributed by atoms with E-state index < -0.39 is 0 Å². The average molecular weight is 322 g/mol. The van der Waals surface area contributed by atoms with Gasteiger partial charge in [0.1, 0.15) is 11.5 Å². The van der Waals surface area contributed by atoms with E-state index in [0.29, 0.717) is 12.2 Å². The van der Waals surface area contributed by atoms with Gasteiger partial charge in [-0.25, -0.2) is 4.39 Å². The molecule has 1 amide bonds. The summed E-state index contributed by atoms with van der Waals surface area (Å²) in [5.74, 6) is -0.709. The molecule has 3 rings (SSSR count). The van der Waals surface area contributed by atoms with Crippen molar-refractivity contribution < 1.29 is 9.18 Å². The Kier molecular flexibility index (Phi) is 4.76. The zero-order valence-electron chi connectivity index (χ0n) is 12.7. The third-order valence-corrected chi connectivity index (χ3v) is 3.31. The van der Waals surface area contributed by atoms with Gasteiger partial charge in [0.2, 0.25) is 0 Å². The molecule has 0 saturated carbocycles. The molecule has 2 heterocycles. The average Bonchev–Trinajstić information content (AvgIpc) is 2.63. The van der Waals surface area contributed by atoms with Gasteiger partial charge in [0.15, 0.2) is 0 Å². The van der Waals surface area contributed by atoms with E-state index >= 15 is 0 Å². The largest absolute Gasteiger partial charge is 0.381 e. The highest BCUT2D eigenvalue weighted by molar-refractivity contribution is 6.03. The van der Waals surface area contributed by atoms with Gasteiger partial charge in [-0.05, 0) is 48.0 Å². The first-order valence-electron chi connectivity index (χ1n) is 7.36. The molecule has 0 spiro atoms. The number of pyridine rings is 2. The molecule has 120 valence electrons. The van der Waals surface area contributed by atoms with Crippen LogP contribution >= 0.6 is 0 Å². The number of carbonyl (C=O) groups is 1. The molecule has 0 unspecified atom stereocenters. The van der Waals surface area contributed by atoms with Crippen molar-refractivity contribution in [2.75, 3.05) is 10.6 Å². The Bertz CT molecular complexity index is 822. The van der Waals surface area contributed by atoms with E-state index in [4.69, 9.17) is 0 Å². The molecule has 24 heavy (non-hydrogen) atoms. The molecule has 5 nitrogen and oxygen atoms in total. The number of halogens is 1. The number of anilines is 2. The SMILES string of the molecule is O=C(Nc1ccc(F)cc1)c1cc(NCc2cccnc2)ccn1. The third-order valence-electron chi connectivity index (χ3n) is 3.31. The quantitative estimate of drug-likeness (QED) is 0.755. The van der Waals surface area contributed by atoms with E-state index in [9.17, 15) is 9.18 Å². The van der Waals surface area contributed by atoms with Crippen molar-refractivity contribution in [2.45, 2.75) is 6.54 Å². The summed E-state index contributed by atoms with van der Waals surface area (Å²) in [4.78, 5) is 20.3. The van der Waals surface area contributed by atoms with Crippen molar-refractivity contribution in [2.24, 2.45) is 0 Å². The van der Waals surface area contributed by atoms with Crippen LogP contribution in [0.4, 0.5) is 15.8 Å². The zero-order chi connectivity index (χ0) is 16.8. The van der Waals surface area contributed by atoms with Gasteiger partial charge in [0, 0.05) is 36.5 Å². The summed E-state index contributed by atoms with van der Waals surface area (Å²) in [6.45, 7) is 0.594. The normalized spacial score (nSPS) is 10.2. The van der Waals surface area contributed by atoms with Crippen molar-refractivity contribution in [3.8, 4) is 0 Å². The fourth-order valence-corrected chi connectivity index (χ4v) is 2.10. The molecule has 0 atom stereocenters. The van der Waals surface area contributed by atoms with E-state index in [0.717, 1.165) is 11.3 Å². The van der Waals surface area contributed by atoms with Gasteiger partial charge in [-0.15, -0.1) is 0 Å². The monoisotopic (exact) mass is 322 g/mol. The predicted octanol–water partition coefficient (Wildman–Crippen LogP) is 3.48. The molecule has 0 fully saturated rings. The number of hydrogen-bond acceptors (Lipinski definition) is 4. The predicted molar refractivity (Wildman–Crippen MR) is 90.2 cm³/mol. The topological polar surface area (TPSA) is 66.9 Å². The number of nitrogens with zero attached hydrogens (tertiary/aromatic N) is 2. The summed E-state index contributed by atoms with van der Waals surface area (Å²) in [7, 11) is 0. The van der Waals surface area contributed by atoms with Crippen LogP contribution in [-0.2, 0) is 6.54 Å². The number of nitrogens with one attached hydrogen (secondary N) is 2. The maximum atomic E-state index is 12.9. The van der Waals surface area contributed by atoms with Crippen LogP contribution in [0.5, 0.6) is 0 Å². The number of aromatic nitrogens is 2.